The second-order valence-electron chi connectivity index (χ2n) is 5.53. The molecule has 0 spiro atoms. The maximum Gasteiger partial charge on any atom is 0.273 e. The van der Waals surface area contributed by atoms with Gasteiger partial charge in [0.15, 0.2) is 0 Å². The lowest BCUT2D eigenvalue weighted by Crippen LogP contribution is -2.48. The number of nitro groups is 1. The van der Waals surface area contributed by atoms with E-state index in [0.29, 0.717) is 24.1 Å². The van der Waals surface area contributed by atoms with Crippen molar-refractivity contribution >= 4 is 11.6 Å². The van der Waals surface area contributed by atoms with Crippen molar-refractivity contribution in [3.63, 3.8) is 0 Å². The molecule has 0 aliphatic carbocycles. The van der Waals surface area contributed by atoms with Gasteiger partial charge in [-0.3, -0.25) is 14.9 Å². The summed E-state index contributed by atoms with van der Waals surface area (Å²) in [6.07, 6.45) is 1.39. The molecule has 0 aromatic heterocycles. The molecule has 1 amide bonds. The van der Waals surface area contributed by atoms with Crippen molar-refractivity contribution in [1.29, 1.82) is 0 Å². The number of rotatable bonds is 2. The van der Waals surface area contributed by atoms with E-state index in [1.807, 2.05) is 0 Å². The van der Waals surface area contributed by atoms with Gasteiger partial charge >= 0.3 is 0 Å². The third-order valence-corrected chi connectivity index (χ3v) is 3.69. The fourth-order valence-corrected chi connectivity index (χ4v) is 2.62. The minimum absolute atomic E-state index is 0.0559. The van der Waals surface area contributed by atoms with Crippen molar-refractivity contribution in [1.82, 2.24) is 4.90 Å². The van der Waals surface area contributed by atoms with Crippen molar-refractivity contribution in [3.8, 4) is 0 Å². The van der Waals surface area contributed by atoms with Crippen molar-refractivity contribution in [2.45, 2.75) is 32.3 Å². The summed E-state index contributed by atoms with van der Waals surface area (Å²) < 4.78 is 0. The molecule has 2 rings (SSSR count). The fraction of sp³-hybridized carbons (Fsp3) is 0.500. The van der Waals surface area contributed by atoms with E-state index in [1.54, 1.807) is 24.8 Å². The van der Waals surface area contributed by atoms with Gasteiger partial charge in [0, 0.05) is 30.3 Å². The molecule has 1 atom stereocenters. The predicted octanol–water partition coefficient (Wildman–Crippen LogP) is 1.89. The van der Waals surface area contributed by atoms with E-state index in [-0.39, 0.29) is 18.1 Å². The Hall–Kier alpha value is -1.95. The van der Waals surface area contributed by atoms with Gasteiger partial charge < -0.3 is 10.0 Å². The van der Waals surface area contributed by atoms with Crippen LogP contribution in [0.25, 0.3) is 0 Å². The van der Waals surface area contributed by atoms with E-state index < -0.39 is 10.5 Å². The Bertz CT molecular complexity index is 554. The molecule has 1 aliphatic heterocycles. The van der Waals surface area contributed by atoms with E-state index in [0.717, 1.165) is 6.42 Å². The molecule has 0 radical (unpaired) electrons. The van der Waals surface area contributed by atoms with Crippen LogP contribution >= 0.6 is 0 Å². The van der Waals surface area contributed by atoms with Crippen molar-refractivity contribution in [3.05, 3.63) is 39.4 Å². The number of aliphatic hydroxyl groups is 1. The lowest BCUT2D eigenvalue weighted by Gasteiger charge is -2.37. The molecule has 1 fully saturated rings. The highest BCUT2D eigenvalue weighted by molar-refractivity contribution is 5.96. The standard InChI is InChI=1S/C14H18N2O4/c1-10-11(5-3-6-12(10)16(19)20)13(17)15-8-4-7-14(2,18)9-15/h3,5-6,18H,4,7-9H2,1-2H3. The summed E-state index contributed by atoms with van der Waals surface area (Å²) in [5, 5.41) is 21.0. The first kappa shape index (κ1) is 14.5. The zero-order valence-corrected chi connectivity index (χ0v) is 11.6. The van der Waals surface area contributed by atoms with Crippen LogP contribution in [0.3, 0.4) is 0 Å². The summed E-state index contributed by atoms with van der Waals surface area (Å²) in [6, 6.07) is 4.49. The summed E-state index contributed by atoms with van der Waals surface area (Å²) in [5.41, 5.74) is -0.244. The van der Waals surface area contributed by atoms with E-state index in [1.165, 1.54) is 12.1 Å². The van der Waals surface area contributed by atoms with Gasteiger partial charge in [0.25, 0.3) is 11.6 Å². The van der Waals surface area contributed by atoms with Crippen LogP contribution in [0.4, 0.5) is 5.69 Å². The number of benzene rings is 1. The molecule has 20 heavy (non-hydrogen) atoms. The molecular weight excluding hydrogens is 260 g/mol. The largest absolute Gasteiger partial charge is 0.388 e. The van der Waals surface area contributed by atoms with Gasteiger partial charge in [-0.15, -0.1) is 0 Å². The number of likely N-dealkylation sites (tertiary alicyclic amines) is 1. The Labute approximate surface area is 117 Å². The molecule has 1 unspecified atom stereocenters. The smallest absolute Gasteiger partial charge is 0.273 e. The average molecular weight is 278 g/mol. The zero-order chi connectivity index (χ0) is 14.9. The van der Waals surface area contributed by atoms with Crippen LogP contribution in [-0.2, 0) is 0 Å². The highest BCUT2D eigenvalue weighted by atomic mass is 16.6. The van der Waals surface area contributed by atoms with Gasteiger partial charge in [-0.05, 0) is 32.8 Å². The van der Waals surface area contributed by atoms with Gasteiger partial charge in [0.2, 0.25) is 0 Å². The summed E-state index contributed by atoms with van der Waals surface area (Å²) >= 11 is 0. The van der Waals surface area contributed by atoms with E-state index >= 15 is 0 Å². The molecule has 0 bridgehead atoms. The number of β-amino-alcohol motifs (C(OH)–C–C–N with tert-alkyl or cyclic N) is 1. The molecule has 1 heterocycles. The summed E-state index contributed by atoms with van der Waals surface area (Å²) in [4.78, 5) is 24.5. The molecule has 0 saturated carbocycles. The molecular formula is C14H18N2O4. The minimum atomic E-state index is -0.886. The summed E-state index contributed by atoms with van der Waals surface area (Å²) in [5.74, 6) is -0.258. The number of piperidine rings is 1. The second-order valence-corrected chi connectivity index (χ2v) is 5.53. The number of nitrogens with zero attached hydrogens (tertiary/aromatic N) is 2. The molecule has 1 aliphatic rings. The number of hydrogen-bond donors (Lipinski definition) is 1. The molecule has 1 N–H and O–H groups in total. The quantitative estimate of drug-likeness (QED) is 0.661. The lowest BCUT2D eigenvalue weighted by atomic mass is 9.94. The van der Waals surface area contributed by atoms with Crippen LogP contribution < -0.4 is 0 Å². The number of nitro benzene ring substituents is 1. The van der Waals surface area contributed by atoms with Gasteiger partial charge in [-0.25, -0.2) is 0 Å². The van der Waals surface area contributed by atoms with Crippen LogP contribution in [0.15, 0.2) is 18.2 Å². The molecule has 1 saturated heterocycles. The molecule has 6 nitrogen and oxygen atoms in total. The Morgan fingerprint density at radius 1 is 1.50 bits per heavy atom. The third-order valence-electron chi connectivity index (χ3n) is 3.69. The average Bonchev–Trinajstić information content (AvgIpc) is 2.36. The molecule has 6 heteroatoms. The van der Waals surface area contributed by atoms with Gasteiger partial charge in [0.1, 0.15) is 0 Å². The van der Waals surface area contributed by atoms with Crippen LogP contribution in [0.5, 0.6) is 0 Å². The highest BCUT2D eigenvalue weighted by Crippen LogP contribution is 2.25. The van der Waals surface area contributed by atoms with Gasteiger partial charge in [0.05, 0.1) is 10.5 Å². The maximum absolute atomic E-state index is 12.5. The SMILES string of the molecule is Cc1c(C(=O)N2CCCC(C)(O)C2)cccc1[N+](=O)[O-]. The Balaban J connectivity index is 2.30. The first-order chi connectivity index (χ1) is 9.32. The summed E-state index contributed by atoms with van der Waals surface area (Å²) in [6.45, 7) is 4.10. The topological polar surface area (TPSA) is 83.7 Å². The number of hydrogen-bond acceptors (Lipinski definition) is 4. The van der Waals surface area contributed by atoms with Crippen LogP contribution in [0, 0.1) is 17.0 Å². The minimum Gasteiger partial charge on any atom is -0.388 e. The Morgan fingerprint density at radius 3 is 2.80 bits per heavy atom. The first-order valence-electron chi connectivity index (χ1n) is 6.57. The fourth-order valence-electron chi connectivity index (χ4n) is 2.62. The zero-order valence-electron chi connectivity index (χ0n) is 11.6. The van der Waals surface area contributed by atoms with Gasteiger partial charge in [-0.1, -0.05) is 6.07 Å². The van der Waals surface area contributed by atoms with E-state index in [9.17, 15) is 20.0 Å². The van der Waals surface area contributed by atoms with Crippen LogP contribution in [0.1, 0.15) is 35.7 Å². The van der Waals surface area contributed by atoms with E-state index in [4.69, 9.17) is 0 Å². The number of carbonyl (C=O) groups excluding carboxylic acids is 1. The normalized spacial score (nSPS) is 22.6. The lowest BCUT2D eigenvalue weighted by molar-refractivity contribution is -0.385. The molecule has 1 aromatic rings. The monoisotopic (exact) mass is 278 g/mol. The van der Waals surface area contributed by atoms with Crippen molar-refractivity contribution in [2.24, 2.45) is 0 Å². The van der Waals surface area contributed by atoms with Crippen LogP contribution in [0.2, 0.25) is 0 Å². The van der Waals surface area contributed by atoms with Crippen molar-refractivity contribution < 1.29 is 14.8 Å². The Kier molecular flexibility index (Phi) is 3.76. The second kappa shape index (κ2) is 5.20. The Morgan fingerprint density at radius 2 is 2.20 bits per heavy atom. The molecule has 108 valence electrons. The van der Waals surface area contributed by atoms with Gasteiger partial charge in [-0.2, -0.15) is 0 Å². The highest BCUT2D eigenvalue weighted by Gasteiger charge is 2.32. The van der Waals surface area contributed by atoms with Crippen molar-refractivity contribution in [2.75, 3.05) is 13.1 Å². The maximum atomic E-state index is 12.5. The summed E-state index contributed by atoms with van der Waals surface area (Å²) in [7, 11) is 0. The van der Waals surface area contributed by atoms with Crippen LogP contribution in [-0.4, -0.2) is 39.5 Å². The van der Waals surface area contributed by atoms with E-state index in [2.05, 4.69) is 0 Å². The molecule has 1 aromatic carbocycles. The number of carbonyl (C=O) groups is 1. The predicted molar refractivity (Wildman–Crippen MR) is 73.6 cm³/mol. The number of amides is 1. The first-order valence-corrected chi connectivity index (χ1v) is 6.57. The third kappa shape index (κ3) is 2.80.